The maximum absolute atomic E-state index is 13.7. The Morgan fingerprint density at radius 1 is 1.12 bits per heavy atom. The average Bonchev–Trinajstić information content (AvgIpc) is 3.52. The summed E-state index contributed by atoms with van der Waals surface area (Å²) in [6.07, 6.45) is 3.24. The molecule has 34 heavy (non-hydrogen) atoms. The van der Waals surface area contributed by atoms with Gasteiger partial charge in [0, 0.05) is 29.2 Å². The molecule has 5 rings (SSSR count). The number of likely N-dealkylation sites (tertiary alicyclic amines) is 1. The minimum atomic E-state index is -0.770. The van der Waals surface area contributed by atoms with Crippen molar-refractivity contribution in [2.75, 3.05) is 19.6 Å². The van der Waals surface area contributed by atoms with E-state index in [9.17, 15) is 9.59 Å². The molecule has 1 aromatic carbocycles. The topological polar surface area (TPSA) is 68.4 Å². The van der Waals surface area contributed by atoms with Gasteiger partial charge < -0.3 is 10.3 Å². The second kappa shape index (κ2) is 9.55. The molecule has 180 valence electrons. The van der Waals surface area contributed by atoms with Crippen molar-refractivity contribution in [3.63, 3.8) is 0 Å². The first kappa shape index (κ1) is 23.1. The predicted octanol–water partition coefficient (Wildman–Crippen LogP) is 5.02. The highest BCUT2D eigenvalue weighted by atomic mass is 32.1. The Kier molecular flexibility index (Phi) is 6.49. The van der Waals surface area contributed by atoms with Gasteiger partial charge in [-0.25, -0.2) is 4.79 Å². The van der Waals surface area contributed by atoms with Crippen LogP contribution >= 0.6 is 11.3 Å². The number of nitrogens with zero attached hydrogens (tertiary/aromatic N) is 2. The summed E-state index contributed by atoms with van der Waals surface area (Å²) in [4.78, 5) is 35.3. The lowest BCUT2D eigenvalue weighted by Gasteiger charge is -2.41. The van der Waals surface area contributed by atoms with Gasteiger partial charge in [0.2, 0.25) is 0 Å². The van der Waals surface area contributed by atoms with Gasteiger partial charge in [0.1, 0.15) is 5.54 Å². The highest BCUT2D eigenvalue weighted by Crippen LogP contribution is 2.38. The van der Waals surface area contributed by atoms with E-state index in [1.54, 1.807) is 11.3 Å². The largest absolute Gasteiger partial charge is 0.357 e. The van der Waals surface area contributed by atoms with Gasteiger partial charge in [-0.2, -0.15) is 0 Å². The third-order valence-corrected chi connectivity index (χ3v) is 8.29. The summed E-state index contributed by atoms with van der Waals surface area (Å²) in [7, 11) is 0. The van der Waals surface area contributed by atoms with E-state index in [1.807, 2.05) is 11.4 Å². The number of nitrogens with one attached hydrogen (secondary N) is 2. The van der Waals surface area contributed by atoms with Crippen LogP contribution in [-0.4, -0.2) is 51.9 Å². The molecular weight excluding hydrogens is 444 g/mol. The number of hydrogen-bond acceptors (Lipinski definition) is 4. The average molecular weight is 479 g/mol. The van der Waals surface area contributed by atoms with Crippen LogP contribution in [-0.2, 0) is 17.8 Å². The van der Waals surface area contributed by atoms with Crippen molar-refractivity contribution in [1.82, 2.24) is 20.1 Å². The molecule has 3 aromatic rings. The summed E-state index contributed by atoms with van der Waals surface area (Å²) >= 11 is 1.67. The number of piperidine rings is 1. The smallest absolute Gasteiger partial charge is 0.325 e. The number of urea groups is 1. The third kappa shape index (κ3) is 4.51. The van der Waals surface area contributed by atoms with Gasteiger partial charge in [-0.1, -0.05) is 38.1 Å². The molecule has 4 heterocycles. The Hall–Kier alpha value is -2.64. The normalized spacial score (nSPS) is 22.3. The van der Waals surface area contributed by atoms with E-state index < -0.39 is 5.54 Å². The van der Waals surface area contributed by atoms with Crippen LogP contribution in [0.2, 0.25) is 0 Å². The number of hydrogen-bond donors (Lipinski definition) is 2. The summed E-state index contributed by atoms with van der Waals surface area (Å²) in [5, 5.41) is 6.47. The summed E-state index contributed by atoms with van der Waals surface area (Å²) in [6.45, 7) is 7.47. The van der Waals surface area contributed by atoms with Crippen LogP contribution in [0.25, 0.3) is 10.9 Å². The maximum atomic E-state index is 13.7. The molecule has 1 atom stereocenters. The van der Waals surface area contributed by atoms with Crippen molar-refractivity contribution in [2.45, 2.75) is 51.6 Å². The zero-order chi connectivity index (χ0) is 23.7. The second-order valence-electron chi connectivity index (χ2n) is 10.2. The van der Waals surface area contributed by atoms with E-state index >= 15 is 0 Å². The molecule has 2 aliphatic rings. The standard InChI is InChI=1S/C27H34N4O2S/c1-19(2)17-27(25(32)31(26(33)29-27)14-11-23-7-5-15-34-23)21-9-12-30(13-10-21)18-22-16-20-6-3-4-8-24(20)28-22/h3-8,15-16,19,21,28H,9-14,17-18H2,1-2H3,(H,29,33)/t27-/m1/s1. The molecule has 7 heteroatoms. The van der Waals surface area contributed by atoms with E-state index in [-0.39, 0.29) is 17.9 Å². The number of aromatic nitrogens is 1. The maximum Gasteiger partial charge on any atom is 0.325 e. The Morgan fingerprint density at radius 3 is 2.62 bits per heavy atom. The molecule has 0 radical (unpaired) electrons. The lowest BCUT2D eigenvalue weighted by atomic mass is 9.73. The van der Waals surface area contributed by atoms with Gasteiger partial charge in [-0.15, -0.1) is 11.3 Å². The first-order valence-corrected chi connectivity index (χ1v) is 13.3. The van der Waals surface area contributed by atoms with E-state index in [4.69, 9.17) is 0 Å². The molecule has 2 saturated heterocycles. The molecule has 2 fully saturated rings. The molecule has 2 N–H and O–H groups in total. The number of fused-ring (bicyclic) bond motifs is 1. The monoisotopic (exact) mass is 478 g/mol. The van der Waals surface area contributed by atoms with Gasteiger partial charge in [0.15, 0.2) is 0 Å². The van der Waals surface area contributed by atoms with Crippen molar-refractivity contribution >= 4 is 34.2 Å². The zero-order valence-corrected chi connectivity index (χ0v) is 20.9. The molecule has 0 unspecified atom stereocenters. The number of aromatic amines is 1. The summed E-state index contributed by atoms with van der Waals surface area (Å²) < 4.78 is 0. The van der Waals surface area contributed by atoms with Gasteiger partial charge >= 0.3 is 6.03 Å². The fourth-order valence-corrected chi connectivity index (χ4v) is 6.49. The lowest BCUT2D eigenvalue weighted by molar-refractivity contribution is -0.134. The fraction of sp³-hybridized carbons (Fsp3) is 0.481. The molecule has 0 spiro atoms. The predicted molar refractivity (Wildman–Crippen MR) is 137 cm³/mol. The van der Waals surface area contributed by atoms with Crippen molar-refractivity contribution in [2.24, 2.45) is 11.8 Å². The Balaban J connectivity index is 1.26. The first-order valence-electron chi connectivity index (χ1n) is 12.4. The third-order valence-electron chi connectivity index (χ3n) is 7.36. The van der Waals surface area contributed by atoms with Gasteiger partial charge in [-0.3, -0.25) is 14.6 Å². The number of carbonyl (C=O) groups excluding carboxylic acids is 2. The molecule has 0 bridgehead atoms. The quantitative estimate of drug-likeness (QED) is 0.447. The van der Waals surface area contributed by atoms with Crippen molar-refractivity contribution in [3.8, 4) is 0 Å². The van der Waals surface area contributed by atoms with Crippen LogP contribution in [0.3, 0.4) is 0 Å². The summed E-state index contributed by atoms with van der Waals surface area (Å²) in [5.41, 5.74) is 1.63. The van der Waals surface area contributed by atoms with E-state index in [1.165, 1.54) is 26.4 Å². The van der Waals surface area contributed by atoms with E-state index in [2.05, 4.69) is 65.4 Å². The number of amides is 3. The molecule has 0 aliphatic carbocycles. The summed E-state index contributed by atoms with van der Waals surface area (Å²) in [5.74, 6) is 0.472. The highest BCUT2D eigenvalue weighted by molar-refractivity contribution is 7.09. The fourth-order valence-electron chi connectivity index (χ4n) is 5.79. The molecule has 0 saturated carbocycles. The minimum absolute atomic E-state index is 0.0168. The molecular formula is C27H34N4O2S. The number of carbonyl (C=O) groups is 2. The second-order valence-corrected chi connectivity index (χ2v) is 11.3. The molecule has 6 nitrogen and oxygen atoms in total. The van der Waals surface area contributed by atoms with Crippen LogP contribution in [0.4, 0.5) is 4.79 Å². The number of H-pyrrole nitrogens is 1. The SMILES string of the molecule is CC(C)C[C@]1(C2CCN(Cc3cc4ccccc4[nH]3)CC2)NC(=O)N(CCc2cccs2)C1=O. The minimum Gasteiger partial charge on any atom is -0.357 e. The highest BCUT2D eigenvalue weighted by Gasteiger charge is 2.55. The number of benzene rings is 1. The molecule has 3 amide bonds. The van der Waals surface area contributed by atoms with Crippen LogP contribution in [0.5, 0.6) is 0 Å². The van der Waals surface area contributed by atoms with Crippen LogP contribution in [0, 0.1) is 11.8 Å². The molecule has 2 aliphatic heterocycles. The number of para-hydroxylation sites is 1. The number of rotatable bonds is 8. The lowest BCUT2D eigenvalue weighted by Crippen LogP contribution is -2.56. The zero-order valence-electron chi connectivity index (χ0n) is 20.0. The van der Waals surface area contributed by atoms with E-state index in [0.717, 1.165) is 38.9 Å². The Morgan fingerprint density at radius 2 is 1.91 bits per heavy atom. The summed E-state index contributed by atoms with van der Waals surface area (Å²) in [6, 6.07) is 14.5. The van der Waals surface area contributed by atoms with Gasteiger partial charge in [0.05, 0.1) is 0 Å². The Labute approximate surface area is 205 Å². The first-order chi connectivity index (χ1) is 16.4. The van der Waals surface area contributed by atoms with E-state index in [0.29, 0.717) is 18.9 Å². The van der Waals surface area contributed by atoms with Crippen molar-refractivity contribution < 1.29 is 9.59 Å². The molecule has 2 aromatic heterocycles. The van der Waals surface area contributed by atoms with Gasteiger partial charge in [0.25, 0.3) is 5.91 Å². The number of thiophene rings is 1. The Bertz CT molecular complexity index is 1110. The van der Waals surface area contributed by atoms with Gasteiger partial charge in [-0.05, 0) is 79.6 Å². The number of imide groups is 1. The van der Waals surface area contributed by atoms with Crippen molar-refractivity contribution in [1.29, 1.82) is 0 Å². The van der Waals surface area contributed by atoms with Crippen LogP contribution < -0.4 is 5.32 Å². The van der Waals surface area contributed by atoms with Crippen molar-refractivity contribution in [3.05, 3.63) is 58.4 Å². The van der Waals surface area contributed by atoms with Crippen LogP contribution in [0.1, 0.15) is 43.7 Å². The van der Waals surface area contributed by atoms with Crippen LogP contribution in [0.15, 0.2) is 47.8 Å².